The van der Waals surface area contributed by atoms with Gasteiger partial charge in [-0.05, 0) is 52.9 Å². The Bertz CT molecular complexity index is 1020. The fraction of sp³-hybridized carbons (Fsp3) is 0.222. The van der Waals surface area contributed by atoms with Crippen LogP contribution in [0, 0.1) is 5.82 Å². The second-order valence-electron chi connectivity index (χ2n) is 6.26. The summed E-state index contributed by atoms with van der Waals surface area (Å²) in [6.07, 6.45) is 0.220. The maximum Gasteiger partial charge on any atom is 0.387 e. The van der Waals surface area contributed by atoms with Crippen molar-refractivity contribution in [2.45, 2.75) is 19.6 Å². The molecule has 2 aromatic carbocycles. The monoisotopic (exact) mass is 404 g/mol. The number of carbonyl (C=O) groups excluding carboxylic acids is 1. The quantitative estimate of drug-likeness (QED) is 0.704. The van der Waals surface area contributed by atoms with Gasteiger partial charge < -0.3 is 15.0 Å². The van der Waals surface area contributed by atoms with Crippen molar-refractivity contribution in [3.8, 4) is 11.4 Å². The third-order valence-corrected chi connectivity index (χ3v) is 4.35. The van der Waals surface area contributed by atoms with Crippen LogP contribution in [0.25, 0.3) is 5.69 Å². The normalized spacial score (nSPS) is 13.8. The van der Waals surface area contributed by atoms with Gasteiger partial charge in [0.2, 0.25) is 5.91 Å². The number of hydrogen-bond acceptors (Lipinski definition) is 6. The maximum absolute atomic E-state index is 13.6. The number of amides is 1. The SMILES string of the molecule is O=C1CCN(Cc2nnnn2-c2ccc(OC(F)F)cc2)c2ccc(F)cc2N1. The lowest BCUT2D eigenvalue weighted by molar-refractivity contribution is -0.116. The number of nitrogens with zero attached hydrogens (tertiary/aromatic N) is 5. The van der Waals surface area contributed by atoms with Crippen LogP contribution < -0.4 is 15.0 Å². The minimum absolute atomic E-state index is 0.0198. The van der Waals surface area contributed by atoms with Crippen LogP contribution in [0.15, 0.2) is 42.5 Å². The lowest BCUT2D eigenvalue weighted by Gasteiger charge is -2.23. The number of tetrazole rings is 1. The van der Waals surface area contributed by atoms with Crippen molar-refractivity contribution >= 4 is 17.3 Å². The van der Waals surface area contributed by atoms with E-state index in [1.54, 1.807) is 18.2 Å². The highest BCUT2D eigenvalue weighted by molar-refractivity contribution is 5.96. The molecule has 1 aliphatic heterocycles. The van der Waals surface area contributed by atoms with E-state index in [9.17, 15) is 18.0 Å². The highest BCUT2D eigenvalue weighted by Crippen LogP contribution is 2.30. The number of benzene rings is 2. The average Bonchev–Trinajstić information content (AvgIpc) is 3.07. The van der Waals surface area contributed by atoms with Gasteiger partial charge in [-0.1, -0.05) is 0 Å². The fourth-order valence-corrected chi connectivity index (χ4v) is 3.06. The van der Waals surface area contributed by atoms with Crippen LogP contribution in [0.1, 0.15) is 12.2 Å². The van der Waals surface area contributed by atoms with Crippen LogP contribution in [0.4, 0.5) is 24.5 Å². The molecular formula is C18H15F3N6O2. The van der Waals surface area contributed by atoms with Crippen molar-refractivity contribution in [3.05, 3.63) is 54.1 Å². The summed E-state index contributed by atoms with van der Waals surface area (Å²) < 4.78 is 44.0. The number of halogens is 3. The summed E-state index contributed by atoms with van der Waals surface area (Å²) in [4.78, 5) is 13.8. The molecule has 0 saturated heterocycles. The molecular weight excluding hydrogens is 389 g/mol. The molecule has 0 radical (unpaired) electrons. The molecule has 0 fully saturated rings. The third kappa shape index (κ3) is 4.13. The molecule has 150 valence electrons. The minimum Gasteiger partial charge on any atom is -0.435 e. The van der Waals surface area contributed by atoms with Gasteiger partial charge in [0.25, 0.3) is 0 Å². The first-order valence-corrected chi connectivity index (χ1v) is 8.66. The Kier molecular flexibility index (Phi) is 5.02. The number of ether oxygens (including phenoxy) is 1. The first kappa shape index (κ1) is 18.7. The second kappa shape index (κ2) is 7.78. The topological polar surface area (TPSA) is 85.2 Å². The number of nitrogens with one attached hydrogen (secondary N) is 1. The predicted molar refractivity (Wildman–Crippen MR) is 96.5 cm³/mol. The van der Waals surface area contributed by atoms with Gasteiger partial charge in [-0.25, -0.2) is 4.39 Å². The van der Waals surface area contributed by atoms with E-state index in [4.69, 9.17) is 0 Å². The van der Waals surface area contributed by atoms with Crippen LogP contribution in [0.2, 0.25) is 0 Å². The van der Waals surface area contributed by atoms with E-state index in [0.29, 0.717) is 29.4 Å². The summed E-state index contributed by atoms with van der Waals surface area (Å²) in [5.74, 6) is -0.195. The average molecular weight is 404 g/mol. The highest BCUT2D eigenvalue weighted by atomic mass is 19.3. The summed E-state index contributed by atoms with van der Waals surface area (Å²) in [6.45, 7) is -2.28. The van der Waals surface area contributed by atoms with Crippen molar-refractivity contribution in [2.24, 2.45) is 0 Å². The molecule has 0 atom stereocenters. The van der Waals surface area contributed by atoms with Crippen molar-refractivity contribution in [3.63, 3.8) is 0 Å². The van der Waals surface area contributed by atoms with Gasteiger partial charge in [0.15, 0.2) is 5.82 Å². The van der Waals surface area contributed by atoms with Crippen molar-refractivity contribution in [1.29, 1.82) is 0 Å². The molecule has 0 bridgehead atoms. The zero-order valence-electron chi connectivity index (χ0n) is 14.9. The van der Waals surface area contributed by atoms with E-state index < -0.39 is 12.4 Å². The first-order chi connectivity index (χ1) is 14.0. The maximum atomic E-state index is 13.6. The Labute approximate surface area is 162 Å². The predicted octanol–water partition coefficient (Wildman–Crippen LogP) is 2.75. The lowest BCUT2D eigenvalue weighted by Crippen LogP contribution is -2.26. The minimum atomic E-state index is -2.91. The Hall–Kier alpha value is -3.63. The van der Waals surface area contributed by atoms with Crippen molar-refractivity contribution < 1.29 is 22.7 Å². The number of rotatable bonds is 5. The summed E-state index contributed by atoms with van der Waals surface area (Å²) in [7, 11) is 0. The van der Waals surface area contributed by atoms with Gasteiger partial charge in [0.1, 0.15) is 11.6 Å². The van der Waals surface area contributed by atoms with Crippen LogP contribution in [-0.2, 0) is 11.3 Å². The van der Waals surface area contributed by atoms with E-state index in [0.717, 1.165) is 0 Å². The van der Waals surface area contributed by atoms with Gasteiger partial charge >= 0.3 is 6.61 Å². The molecule has 29 heavy (non-hydrogen) atoms. The molecule has 0 unspecified atom stereocenters. The molecule has 0 aliphatic carbocycles. The zero-order valence-corrected chi connectivity index (χ0v) is 14.9. The number of anilines is 2. The van der Waals surface area contributed by atoms with E-state index in [-0.39, 0.29) is 24.6 Å². The zero-order chi connectivity index (χ0) is 20.4. The summed E-state index contributed by atoms with van der Waals surface area (Å²) in [5, 5.41) is 14.3. The summed E-state index contributed by atoms with van der Waals surface area (Å²) in [5.41, 5.74) is 1.57. The van der Waals surface area contributed by atoms with Gasteiger partial charge in [0.05, 0.1) is 23.6 Å². The summed E-state index contributed by atoms with van der Waals surface area (Å²) in [6, 6.07) is 10.0. The molecule has 1 aliphatic rings. The molecule has 1 amide bonds. The molecule has 2 heterocycles. The van der Waals surface area contributed by atoms with Gasteiger partial charge in [-0.15, -0.1) is 5.10 Å². The van der Waals surface area contributed by atoms with E-state index in [2.05, 4.69) is 25.6 Å². The lowest BCUT2D eigenvalue weighted by atomic mass is 10.2. The second-order valence-corrected chi connectivity index (χ2v) is 6.26. The Balaban J connectivity index is 1.60. The highest BCUT2D eigenvalue weighted by Gasteiger charge is 2.22. The molecule has 3 aromatic rings. The van der Waals surface area contributed by atoms with Gasteiger partial charge in [0, 0.05) is 13.0 Å². The first-order valence-electron chi connectivity index (χ1n) is 8.66. The summed E-state index contributed by atoms with van der Waals surface area (Å²) >= 11 is 0. The number of fused-ring (bicyclic) bond motifs is 1. The van der Waals surface area contributed by atoms with Crippen LogP contribution in [-0.4, -0.2) is 39.3 Å². The molecule has 11 heteroatoms. The van der Waals surface area contributed by atoms with Crippen LogP contribution in [0.3, 0.4) is 0 Å². The largest absolute Gasteiger partial charge is 0.435 e. The number of carbonyl (C=O) groups is 1. The number of hydrogen-bond donors (Lipinski definition) is 1. The number of alkyl halides is 2. The molecule has 0 saturated carbocycles. The van der Waals surface area contributed by atoms with Crippen LogP contribution in [0.5, 0.6) is 5.75 Å². The molecule has 8 nitrogen and oxygen atoms in total. The molecule has 4 rings (SSSR count). The van der Waals surface area contributed by atoms with E-state index in [1.807, 2.05) is 4.90 Å². The van der Waals surface area contributed by atoms with Crippen LogP contribution >= 0.6 is 0 Å². The van der Waals surface area contributed by atoms with Crippen molar-refractivity contribution in [1.82, 2.24) is 20.2 Å². The Morgan fingerprint density at radius 3 is 2.72 bits per heavy atom. The Morgan fingerprint density at radius 2 is 1.97 bits per heavy atom. The van der Waals surface area contributed by atoms with Gasteiger partial charge in [-0.2, -0.15) is 13.5 Å². The van der Waals surface area contributed by atoms with Crippen molar-refractivity contribution in [2.75, 3.05) is 16.8 Å². The van der Waals surface area contributed by atoms with E-state index >= 15 is 0 Å². The fourth-order valence-electron chi connectivity index (χ4n) is 3.06. The smallest absolute Gasteiger partial charge is 0.387 e. The molecule has 1 N–H and O–H groups in total. The number of aromatic nitrogens is 4. The standard InChI is InChI=1S/C18H15F3N6O2/c19-11-1-6-15-14(9-11)22-17(28)7-8-26(15)10-16-23-24-25-27(16)12-2-4-13(5-3-12)29-18(20)21/h1-6,9,18H,7-8,10H2,(H,22,28). The third-order valence-electron chi connectivity index (χ3n) is 4.35. The molecule has 1 aromatic heterocycles. The molecule has 0 spiro atoms. The van der Waals surface area contributed by atoms with Gasteiger partial charge in [-0.3, -0.25) is 4.79 Å². The van der Waals surface area contributed by atoms with E-state index in [1.165, 1.54) is 28.9 Å². The Morgan fingerprint density at radius 1 is 1.17 bits per heavy atom.